The number of primary sulfonamides is 1. The number of rotatable bonds is 7. The quantitative estimate of drug-likeness (QED) is 0.567. The highest BCUT2D eigenvalue weighted by atomic mass is 32.2. The van der Waals surface area contributed by atoms with Crippen molar-refractivity contribution in [1.82, 2.24) is 0 Å². The number of hydrogen-bond acceptors (Lipinski definition) is 5. The molecule has 0 fully saturated rings. The Morgan fingerprint density at radius 2 is 1.95 bits per heavy atom. The largest absolute Gasteiger partial charge is 0.347 e. The molecule has 5 nitrogen and oxygen atoms in total. The normalized spacial score (nSPS) is 20.1. The Kier molecular flexibility index (Phi) is 5.96. The van der Waals surface area contributed by atoms with Crippen molar-refractivity contribution in [3.05, 3.63) is 23.1 Å². The molecule has 1 rings (SSSR count). The van der Waals surface area contributed by atoms with Crippen LogP contribution in [0.25, 0.3) is 0 Å². The van der Waals surface area contributed by atoms with Crippen LogP contribution in [0.2, 0.25) is 0 Å². The van der Waals surface area contributed by atoms with Gasteiger partial charge in [-0.05, 0) is 26.0 Å². The molecule has 1 unspecified atom stereocenters. The zero-order valence-electron chi connectivity index (χ0n) is 11.3. The van der Waals surface area contributed by atoms with E-state index in [0.717, 1.165) is 0 Å². The fraction of sp³-hybridized carbons (Fsp3) is 0.583. The fourth-order valence-electron chi connectivity index (χ4n) is 1.97. The molecule has 0 amide bonds. The standard InChI is InChI=1S/C12H18FNO4S2/c1-3-17-12(8-13,18-4-2)10-6-5-9(7-11(10)19)20(14,15)16/h5-7,10H,3-4,8H2,1-2H3,(H2,14,15,16). The second-order valence-corrected chi connectivity index (χ2v) is 6.18. The Bertz CT molecular complexity index is 522. The maximum atomic E-state index is 13.5. The van der Waals surface area contributed by atoms with Crippen molar-refractivity contribution < 1.29 is 22.3 Å². The monoisotopic (exact) mass is 323 g/mol. The Hall–Kier alpha value is -0.670. The third-order valence-corrected chi connectivity index (χ3v) is 4.09. The van der Waals surface area contributed by atoms with E-state index in [9.17, 15) is 12.8 Å². The highest BCUT2D eigenvalue weighted by Gasteiger charge is 2.43. The molecule has 0 aromatic rings. The van der Waals surface area contributed by atoms with Gasteiger partial charge in [0, 0.05) is 18.1 Å². The summed E-state index contributed by atoms with van der Waals surface area (Å²) in [6, 6.07) is 0. The van der Waals surface area contributed by atoms with Gasteiger partial charge in [0.05, 0.1) is 10.8 Å². The molecule has 0 aromatic carbocycles. The van der Waals surface area contributed by atoms with E-state index in [1.165, 1.54) is 18.2 Å². The highest BCUT2D eigenvalue weighted by molar-refractivity contribution is 7.93. The van der Waals surface area contributed by atoms with E-state index in [4.69, 9.17) is 26.8 Å². The van der Waals surface area contributed by atoms with Gasteiger partial charge in [0.1, 0.15) is 6.67 Å². The van der Waals surface area contributed by atoms with Crippen LogP contribution < -0.4 is 5.14 Å². The number of halogens is 1. The second-order valence-electron chi connectivity index (χ2n) is 4.14. The number of allylic oxidation sites excluding steroid dienone is 2. The van der Waals surface area contributed by atoms with Crippen molar-refractivity contribution in [1.29, 1.82) is 0 Å². The molecule has 1 aliphatic rings. The number of alkyl halides is 1. The summed E-state index contributed by atoms with van der Waals surface area (Å²) in [5.41, 5.74) is 0. The summed E-state index contributed by atoms with van der Waals surface area (Å²) in [5, 5.41) is 5.03. The summed E-state index contributed by atoms with van der Waals surface area (Å²) in [6.07, 6.45) is 3.98. The maximum Gasteiger partial charge on any atom is 0.238 e. The molecule has 0 heterocycles. The number of thiocarbonyl (C=S) groups is 1. The zero-order chi connectivity index (χ0) is 15.4. The van der Waals surface area contributed by atoms with Gasteiger partial charge in [-0.15, -0.1) is 0 Å². The van der Waals surface area contributed by atoms with E-state index < -0.39 is 28.4 Å². The van der Waals surface area contributed by atoms with E-state index >= 15 is 0 Å². The summed E-state index contributed by atoms with van der Waals surface area (Å²) in [7, 11) is -3.85. The molecule has 114 valence electrons. The second kappa shape index (κ2) is 6.86. The van der Waals surface area contributed by atoms with Gasteiger partial charge < -0.3 is 9.47 Å². The van der Waals surface area contributed by atoms with Crippen LogP contribution in [0.4, 0.5) is 4.39 Å². The van der Waals surface area contributed by atoms with Crippen LogP contribution in [-0.2, 0) is 19.5 Å². The van der Waals surface area contributed by atoms with Crippen LogP contribution >= 0.6 is 12.2 Å². The third-order valence-electron chi connectivity index (χ3n) is 2.81. The van der Waals surface area contributed by atoms with Crippen LogP contribution in [-0.4, -0.2) is 39.0 Å². The van der Waals surface area contributed by atoms with Crippen LogP contribution in [0.15, 0.2) is 23.1 Å². The Labute approximate surface area is 123 Å². The molecule has 0 aromatic heterocycles. The lowest BCUT2D eigenvalue weighted by molar-refractivity contribution is -0.250. The first kappa shape index (κ1) is 17.4. The van der Waals surface area contributed by atoms with Gasteiger partial charge in [-0.25, -0.2) is 17.9 Å². The van der Waals surface area contributed by atoms with Gasteiger partial charge in [0.2, 0.25) is 15.8 Å². The lowest BCUT2D eigenvalue weighted by Gasteiger charge is -2.37. The van der Waals surface area contributed by atoms with Crippen molar-refractivity contribution in [3.63, 3.8) is 0 Å². The number of hydrogen-bond donors (Lipinski definition) is 1. The molecule has 2 N–H and O–H groups in total. The van der Waals surface area contributed by atoms with Gasteiger partial charge in [-0.3, -0.25) is 0 Å². The molecular formula is C12H18FNO4S2. The van der Waals surface area contributed by atoms with Crippen molar-refractivity contribution in [3.8, 4) is 0 Å². The predicted octanol–water partition coefficient (Wildman–Crippen LogP) is 1.45. The van der Waals surface area contributed by atoms with Crippen LogP contribution in [0, 0.1) is 5.92 Å². The third kappa shape index (κ3) is 3.70. The summed E-state index contributed by atoms with van der Waals surface area (Å²) in [6.45, 7) is 3.00. The molecule has 1 atom stereocenters. The zero-order valence-corrected chi connectivity index (χ0v) is 13.0. The van der Waals surface area contributed by atoms with Gasteiger partial charge in [-0.1, -0.05) is 18.3 Å². The minimum absolute atomic E-state index is 0.112. The van der Waals surface area contributed by atoms with Crippen molar-refractivity contribution in [2.24, 2.45) is 11.1 Å². The Morgan fingerprint density at radius 1 is 1.40 bits per heavy atom. The average molecular weight is 323 g/mol. The van der Waals surface area contributed by atoms with E-state index in [1.807, 2.05) is 0 Å². The van der Waals surface area contributed by atoms with Gasteiger partial charge in [-0.2, -0.15) is 0 Å². The molecule has 0 aliphatic heterocycles. The molecule has 1 aliphatic carbocycles. The van der Waals surface area contributed by atoms with E-state index in [0.29, 0.717) is 0 Å². The van der Waals surface area contributed by atoms with E-state index in [2.05, 4.69) is 0 Å². The number of sulfonamides is 1. The topological polar surface area (TPSA) is 78.6 Å². The Morgan fingerprint density at radius 3 is 2.30 bits per heavy atom. The minimum atomic E-state index is -3.85. The Balaban J connectivity index is 3.12. The molecule has 8 heteroatoms. The van der Waals surface area contributed by atoms with Gasteiger partial charge in [0.15, 0.2) is 0 Å². The van der Waals surface area contributed by atoms with Crippen LogP contribution in [0.1, 0.15) is 13.8 Å². The molecule has 0 saturated heterocycles. The van der Waals surface area contributed by atoms with E-state index in [1.54, 1.807) is 13.8 Å². The average Bonchev–Trinajstić information content (AvgIpc) is 2.37. The maximum absolute atomic E-state index is 13.5. The molecular weight excluding hydrogens is 305 g/mol. The predicted molar refractivity (Wildman–Crippen MR) is 78.4 cm³/mol. The summed E-state index contributed by atoms with van der Waals surface area (Å²) < 4.78 is 46.8. The lowest BCUT2D eigenvalue weighted by Crippen LogP contribution is -2.48. The minimum Gasteiger partial charge on any atom is -0.347 e. The SMILES string of the molecule is CCOC(CF)(OCC)C1C=CC(S(N)(=O)=O)=CC1=S. The highest BCUT2D eigenvalue weighted by Crippen LogP contribution is 2.32. The van der Waals surface area contributed by atoms with Gasteiger partial charge >= 0.3 is 0 Å². The van der Waals surface area contributed by atoms with Crippen molar-refractivity contribution >= 4 is 27.1 Å². The summed E-state index contributed by atoms with van der Waals surface area (Å²) in [4.78, 5) is 0.0931. The first-order chi connectivity index (χ1) is 9.30. The smallest absolute Gasteiger partial charge is 0.238 e. The van der Waals surface area contributed by atoms with Gasteiger partial charge in [0.25, 0.3) is 0 Å². The number of ether oxygens (including phenoxy) is 2. The fourth-order valence-corrected chi connectivity index (χ4v) is 2.99. The summed E-state index contributed by atoms with van der Waals surface area (Å²) >= 11 is 5.14. The van der Waals surface area contributed by atoms with Crippen molar-refractivity contribution in [2.45, 2.75) is 19.6 Å². The molecule has 0 saturated carbocycles. The van der Waals surface area contributed by atoms with Crippen LogP contribution in [0.5, 0.6) is 0 Å². The molecule has 0 radical (unpaired) electrons. The lowest BCUT2D eigenvalue weighted by atomic mass is 9.91. The van der Waals surface area contributed by atoms with Crippen molar-refractivity contribution in [2.75, 3.05) is 19.9 Å². The van der Waals surface area contributed by atoms with E-state index in [-0.39, 0.29) is 23.0 Å². The first-order valence-corrected chi connectivity index (χ1v) is 8.06. The molecule has 20 heavy (non-hydrogen) atoms. The number of nitrogens with two attached hydrogens (primary N) is 1. The molecule has 0 bridgehead atoms. The summed E-state index contributed by atoms with van der Waals surface area (Å²) in [5.74, 6) is -2.22. The van der Waals surface area contributed by atoms with Crippen LogP contribution in [0.3, 0.4) is 0 Å². The molecule has 0 spiro atoms. The first-order valence-electron chi connectivity index (χ1n) is 6.11.